The van der Waals surface area contributed by atoms with E-state index in [-0.39, 0.29) is 0 Å². The van der Waals surface area contributed by atoms with Gasteiger partial charge in [-0.25, -0.2) is 0 Å². The highest BCUT2D eigenvalue weighted by atomic mass is 14.4. The van der Waals surface area contributed by atoms with Crippen LogP contribution in [0.25, 0.3) is 0 Å². The zero-order valence-corrected chi connectivity index (χ0v) is 12.9. The number of rotatable bonds is 7. The largest absolute Gasteiger partial charge is 0.0651 e. The molecule has 0 aliphatic rings. The number of hydrogen-bond donors (Lipinski definition) is 0. The fourth-order valence-electron chi connectivity index (χ4n) is 3.55. The highest BCUT2D eigenvalue weighted by Crippen LogP contribution is 2.38. The first-order valence-corrected chi connectivity index (χ1v) is 7.36. The summed E-state index contributed by atoms with van der Waals surface area (Å²) in [4.78, 5) is 0. The summed E-state index contributed by atoms with van der Waals surface area (Å²) in [6.45, 7) is 19.2. The molecule has 0 heterocycles. The minimum absolute atomic E-state index is 0.816. The van der Waals surface area contributed by atoms with Crippen molar-refractivity contribution in [2.75, 3.05) is 0 Å². The Morgan fingerprint density at radius 1 is 0.688 bits per heavy atom. The van der Waals surface area contributed by atoms with Crippen molar-refractivity contribution in [2.45, 2.75) is 68.2 Å². The van der Waals surface area contributed by atoms with E-state index >= 15 is 0 Å². The molecule has 0 heteroatoms. The normalized spacial score (nSPS) is 18.2. The lowest BCUT2D eigenvalue weighted by atomic mass is 9.67. The molecule has 0 fully saturated rings. The van der Waals surface area contributed by atoms with E-state index in [2.05, 4.69) is 55.4 Å². The van der Waals surface area contributed by atoms with Crippen LogP contribution in [0.4, 0.5) is 0 Å². The molecule has 0 aliphatic heterocycles. The third kappa shape index (κ3) is 4.11. The van der Waals surface area contributed by atoms with E-state index in [1.165, 1.54) is 12.8 Å². The van der Waals surface area contributed by atoms with Gasteiger partial charge in [0.25, 0.3) is 0 Å². The summed E-state index contributed by atoms with van der Waals surface area (Å²) in [6.07, 6.45) is 2.66. The second kappa shape index (κ2) is 7.35. The molecule has 0 amide bonds. The topological polar surface area (TPSA) is 0 Å². The maximum absolute atomic E-state index is 2.47. The van der Waals surface area contributed by atoms with Gasteiger partial charge in [-0.1, -0.05) is 68.2 Å². The average Bonchev–Trinajstić information content (AvgIpc) is 2.22. The van der Waals surface area contributed by atoms with Gasteiger partial charge < -0.3 is 0 Å². The molecular weight excluding hydrogens is 192 g/mol. The molecule has 16 heavy (non-hydrogen) atoms. The van der Waals surface area contributed by atoms with Gasteiger partial charge in [-0.15, -0.1) is 0 Å². The number of hydrogen-bond acceptors (Lipinski definition) is 0. The van der Waals surface area contributed by atoms with E-state index in [4.69, 9.17) is 0 Å². The molecule has 0 aromatic carbocycles. The molecule has 3 atom stereocenters. The van der Waals surface area contributed by atoms with Crippen molar-refractivity contribution in [3.8, 4) is 0 Å². The van der Waals surface area contributed by atoms with Crippen molar-refractivity contribution in [2.24, 2.45) is 35.5 Å². The molecule has 0 spiro atoms. The smallest absolute Gasteiger partial charge is 0.0337 e. The van der Waals surface area contributed by atoms with Crippen LogP contribution in [0.3, 0.4) is 0 Å². The van der Waals surface area contributed by atoms with Gasteiger partial charge in [0.1, 0.15) is 0 Å². The third-order valence-corrected chi connectivity index (χ3v) is 4.72. The van der Waals surface area contributed by atoms with Gasteiger partial charge in [0.15, 0.2) is 0 Å². The zero-order valence-electron chi connectivity index (χ0n) is 12.9. The Bertz CT molecular complexity index is 161. The first kappa shape index (κ1) is 16.0. The summed E-state index contributed by atoms with van der Waals surface area (Å²) in [5, 5.41) is 0. The summed E-state index contributed by atoms with van der Waals surface area (Å²) >= 11 is 0. The molecule has 0 nitrogen and oxygen atoms in total. The van der Waals surface area contributed by atoms with Crippen LogP contribution in [0.5, 0.6) is 0 Å². The Hall–Kier alpha value is 0. The fraction of sp³-hybridized carbons (Fsp3) is 1.00. The van der Waals surface area contributed by atoms with E-state index in [9.17, 15) is 0 Å². The van der Waals surface area contributed by atoms with Gasteiger partial charge in [-0.3, -0.25) is 0 Å². The van der Waals surface area contributed by atoms with Crippen molar-refractivity contribution >= 4 is 0 Å². The van der Waals surface area contributed by atoms with Crippen LogP contribution in [-0.2, 0) is 0 Å². The maximum atomic E-state index is 2.47. The molecule has 0 aromatic heterocycles. The van der Waals surface area contributed by atoms with Crippen LogP contribution in [0.2, 0.25) is 0 Å². The summed E-state index contributed by atoms with van der Waals surface area (Å²) < 4.78 is 0. The maximum Gasteiger partial charge on any atom is -0.0337 e. The quantitative estimate of drug-likeness (QED) is 0.528. The summed E-state index contributed by atoms with van der Waals surface area (Å²) in [5.41, 5.74) is 0. The van der Waals surface area contributed by atoms with Crippen LogP contribution < -0.4 is 0 Å². The van der Waals surface area contributed by atoms with Crippen LogP contribution in [0, 0.1) is 35.5 Å². The van der Waals surface area contributed by atoms with Crippen molar-refractivity contribution in [3.05, 3.63) is 0 Å². The molecule has 0 N–H and O–H groups in total. The Kier molecular flexibility index (Phi) is 7.35. The lowest BCUT2D eigenvalue weighted by Crippen LogP contribution is -2.32. The van der Waals surface area contributed by atoms with Crippen molar-refractivity contribution in [3.63, 3.8) is 0 Å². The first-order valence-electron chi connectivity index (χ1n) is 7.36. The molecule has 0 saturated heterocycles. The van der Waals surface area contributed by atoms with Crippen molar-refractivity contribution in [1.29, 1.82) is 0 Å². The molecular formula is C16H34. The second-order valence-electron chi connectivity index (χ2n) is 6.38. The SMILES string of the molecule is CCC(C)C(C)C(CC)C(C(C)C)C(C)C. The minimum Gasteiger partial charge on any atom is -0.0651 e. The Morgan fingerprint density at radius 3 is 1.38 bits per heavy atom. The van der Waals surface area contributed by atoms with E-state index in [0.29, 0.717) is 0 Å². The molecule has 0 aromatic rings. The highest BCUT2D eigenvalue weighted by molar-refractivity contribution is 4.80. The lowest BCUT2D eigenvalue weighted by Gasteiger charge is -2.39. The predicted octanol–water partition coefficient (Wildman–Crippen LogP) is 5.62. The summed E-state index contributed by atoms with van der Waals surface area (Å²) in [7, 11) is 0. The van der Waals surface area contributed by atoms with Gasteiger partial charge in [0, 0.05) is 0 Å². The van der Waals surface area contributed by atoms with Gasteiger partial charge >= 0.3 is 0 Å². The zero-order chi connectivity index (χ0) is 12.9. The Morgan fingerprint density at radius 2 is 1.12 bits per heavy atom. The summed E-state index contributed by atoms with van der Waals surface area (Å²) in [5.74, 6) is 5.15. The van der Waals surface area contributed by atoms with Gasteiger partial charge in [-0.05, 0) is 35.5 Å². The van der Waals surface area contributed by atoms with E-state index in [1.54, 1.807) is 0 Å². The Balaban J connectivity index is 4.79. The first-order chi connectivity index (χ1) is 7.36. The van der Waals surface area contributed by atoms with Gasteiger partial charge in [-0.2, -0.15) is 0 Å². The predicted molar refractivity (Wildman–Crippen MR) is 75.6 cm³/mol. The van der Waals surface area contributed by atoms with Crippen molar-refractivity contribution in [1.82, 2.24) is 0 Å². The molecule has 0 rings (SSSR count). The summed E-state index contributed by atoms with van der Waals surface area (Å²) in [6, 6.07) is 0. The third-order valence-electron chi connectivity index (χ3n) is 4.72. The average molecular weight is 226 g/mol. The minimum atomic E-state index is 0.816. The molecule has 98 valence electrons. The Labute approximate surface area is 104 Å². The van der Waals surface area contributed by atoms with Crippen LogP contribution >= 0.6 is 0 Å². The molecule has 0 saturated carbocycles. The lowest BCUT2D eigenvalue weighted by molar-refractivity contribution is 0.102. The van der Waals surface area contributed by atoms with Gasteiger partial charge in [0.2, 0.25) is 0 Å². The molecule has 0 bridgehead atoms. The molecule has 0 aliphatic carbocycles. The van der Waals surface area contributed by atoms with Crippen LogP contribution in [0.15, 0.2) is 0 Å². The van der Waals surface area contributed by atoms with E-state index < -0.39 is 0 Å². The monoisotopic (exact) mass is 226 g/mol. The van der Waals surface area contributed by atoms with Gasteiger partial charge in [0.05, 0.1) is 0 Å². The van der Waals surface area contributed by atoms with E-state index in [0.717, 1.165) is 35.5 Å². The van der Waals surface area contributed by atoms with E-state index in [1.807, 2.05) is 0 Å². The fourth-order valence-corrected chi connectivity index (χ4v) is 3.55. The second-order valence-corrected chi connectivity index (χ2v) is 6.38. The van der Waals surface area contributed by atoms with Crippen LogP contribution in [0.1, 0.15) is 68.2 Å². The molecule has 3 unspecified atom stereocenters. The standard InChI is InChI=1S/C16H34/c1-9-13(7)14(8)15(10-2)16(11(3)4)12(5)6/h11-16H,9-10H2,1-8H3. The van der Waals surface area contributed by atoms with Crippen LogP contribution in [-0.4, -0.2) is 0 Å². The van der Waals surface area contributed by atoms with Crippen molar-refractivity contribution < 1.29 is 0 Å². The molecule has 0 radical (unpaired) electrons. The highest BCUT2D eigenvalue weighted by Gasteiger charge is 2.31.